The topological polar surface area (TPSA) is 80.1 Å². The molecule has 2 amide bonds. The molecule has 1 aliphatic heterocycles. The fourth-order valence-corrected chi connectivity index (χ4v) is 5.28. The van der Waals surface area contributed by atoms with Gasteiger partial charge >= 0.3 is 0 Å². The van der Waals surface area contributed by atoms with Gasteiger partial charge in [0.25, 0.3) is 5.91 Å². The lowest BCUT2D eigenvalue weighted by Gasteiger charge is -2.24. The number of rotatable bonds is 6. The molecule has 1 atom stereocenters. The van der Waals surface area contributed by atoms with E-state index >= 15 is 0 Å². The fraction of sp³-hybridized carbons (Fsp3) is 0.259. The van der Waals surface area contributed by atoms with Gasteiger partial charge in [0.15, 0.2) is 11.0 Å². The van der Waals surface area contributed by atoms with Gasteiger partial charge in [-0.25, -0.2) is 0 Å². The molecular weight excluding hydrogens is 458 g/mol. The Balaban J connectivity index is 1.24. The molecule has 4 aromatic rings. The third-order valence-electron chi connectivity index (χ3n) is 6.31. The Morgan fingerprint density at radius 2 is 1.86 bits per heavy atom. The fourth-order valence-electron chi connectivity index (χ4n) is 4.56. The number of amides is 2. The van der Waals surface area contributed by atoms with Crippen LogP contribution in [0.25, 0.3) is 10.8 Å². The number of hydrogen-bond donors (Lipinski definition) is 1. The highest BCUT2D eigenvalue weighted by Gasteiger charge is 2.34. The Labute approximate surface area is 208 Å². The summed E-state index contributed by atoms with van der Waals surface area (Å²) in [7, 11) is 1.90. The van der Waals surface area contributed by atoms with Crippen molar-refractivity contribution >= 4 is 40.0 Å². The van der Waals surface area contributed by atoms with Crippen LogP contribution < -0.4 is 5.32 Å². The van der Waals surface area contributed by atoms with E-state index in [9.17, 15) is 9.59 Å². The van der Waals surface area contributed by atoms with E-state index in [0.717, 1.165) is 40.7 Å². The number of anilines is 1. The zero-order valence-corrected chi connectivity index (χ0v) is 20.6. The lowest BCUT2D eigenvalue weighted by molar-refractivity contribution is -0.113. The average molecular weight is 486 g/mol. The minimum atomic E-state index is -0.124. The zero-order chi connectivity index (χ0) is 24.4. The SMILES string of the molecule is Cc1cccc(C(=O)N2CCCC2c2nnc(SCC(=O)Nc3ccc4ccccc4c3)n2C)c1. The Morgan fingerprint density at radius 3 is 2.69 bits per heavy atom. The molecule has 35 heavy (non-hydrogen) atoms. The third kappa shape index (κ3) is 4.93. The van der Waals surface area contributed by atoms with Crippen LogP contribution in [0.2, 0.25) is 0 Å². The van der Waals surface area contributed by atoms with Gasteiger partial charge in [-0.15, -0.1) is 10.2 Å². The summed E-state index contributed by atoms with van der Waals surface area (Å²) in [4.78, 5) is 27.6. The van der Waals surface area contributed by atoms with Crippen LogP contribution >= 0.6 is 11.8 Å². The molecule has 1 fully saturated rings. The Hall–Kier alpha value is -3.65. The van der Waals surface area contributed by atoms with Crippen LogP contribution in [0.4, 0.5) is 5.69 Å². The van der Waals surface area contributed by atoms with Gasteiger partial charge in [0, 0.05) is 24.8 Å². The Kier molecular flexibility index (Phi) is 6.55. The maximum absolute atomic E-state index is 13.2. The Morgan fingerprint density at radius 1 is 1.03 bits per heavy atom. The first kappa shape index (κ1) is 23.1. The summed E-state index contributed by atoms with van der Waals surface area (Å²) < 4.78 is 1.90. The van der Waals surface area contributed by atoms with E-state index in [2.05, 4.69) is 15.5 Å². The van der Waals surface area contributed by atoms with Crippen LogP contribution in [0, 0.1) is 6.92 Å². The van der Waals surface area contributed by atoms with Crippen molar-refractivity contribution in [1.29, 1.82) is 0 Å². The van der Waals surface area contributed by atoms with Crippen molar-refractivity contribution in [2.75, 3.05) is 17.6 Å². The molecule has 1 aliphatic rings. The maximum Gasteiger partial charge on any atom is 0.254 e. The molecule has 8 heteroatoms. The maximum atomic E-state index is 13.2. The smallest absolute Gasteiger partial charge is 0.254 e. The zero-order valence-electron chi connectivity index (χ0n) is 19.8. The number of carbonyl (C=O) groups is 2. The van der Waals surface area contributed by atoms with Gasteiger partial charge in [-0.3, -0.25) is 9.59 Å². The number of likely N-dealkylation sites (tertiary alicyclic amines) is 1. The number of benzene rings is 3. The molecule has 1 saturated heterocycles. The van der Waals surface area contributed by atoms with Crippen molar-refractivity contribution in [3.8, 4) is 0 Å². The molecule has 1 unspecified atom stereocenters. The summed E-state index contributed by atoms with van der Waals surface area (Å²) in [5.41, 5.74) is 2.52. The van der Waals surface area contributed by atoms with Crippen molar-refractivity contribution in [2.45, 2.75) is 31.0 Å². The first-order valence-electron chi connectivity index (χ1n) is 11.7. The van der Waals surface area contributed by atoms with E-state index in [1.165, 1.54) is 11.8 Å². The van der Waals surface area contributed by atoms with Crippen LogP contribution in [0.1, 0.15) is 40.6 Å². The first-order chi connectivity index (χ1) is 17.0. The molecule has 0 aliphatic carbocycles. The second-order valence-corrected chi connectivity index (χ2v) is 9.77. The lowest BCUT2D eigenvalue weighted by Crippen LogP contribution is -2.32. The number of nitrogens with one attached hydrogen (secondary N) is 1. The van der Waals surface area contributed by atoms with Gasteiger partial charge in [0.1, 0.15) is 0 Å². The van der Waals surface area contributed by atoms with Crippen molar-refractivity contribution in [1.82, 2.24) is 19.7 Å². The molecule has 7 nitrogen and oxygen atoms in total. The quantitative estimate of drug-likeness (QED) is 0.390. The van der Waals surface area contributed by atoms with Gasteiger partial charge in [-0.1, -0.05) is 59.8 Å². The van der Waals surface area contributed by atoms with Gasteiger partial charge in [0.2, 0.25) is 5.91 Å². The monoisotopic (exact) mass is 485 g/mol. The normalized spacial score (nSPS) is 15.5. The first-order valence-corrected chi connectivity index (χ1v) is 12.7. The van der Waals surface area contributed by atoms with Gasteiger partial charge < -0.3 is 14.8 Å². The molecule has 0 saturated carbocycles. The molecule has 1 aromatic heterocycles. The molecule has 0 spiro atoms. The summed E-state index contributed by atoms with van der Waals surface area (Å²) >= 11 is 1.34. The molecular formula is C27H27N5O2S. The third-order valence-corrected chi connectivity index (χ3v) is 7.33. The molecule has 0 radical (unpaired) electrons. The van der Waals surface area contributed by atoms with Crippen molar-refractivity contribution in [3.63, 3.8) is 0 Å². The van der Waals surface area contributed by atoms with Crippen LogP contribution in [-0.2, 0) is 11.8 Å². The minimum Gasteiger partial charge on any atom is -0.328 e. The summed E-state index contributed by atoms with van der Waals surface area (Å²) in [6, 6.07) is 21.5. The molecule has 1 N–H and O–H groups in total. The number of aryl methyl sites for hydroxylation is 1. The predicted molar refractivity (Wildman–Crippen MR) is 138 cm³/mol. The van der Waals surface area contributed by atoms with Crippen LogP contribution in [0.5, 0.6) is 0 Å². The van der Waals surface area contributed by atoms with Crippen molar-refractivity contribution < 1.29 is 9.59 Å². The van der Waals surface area contributed by atoms with E-state index in [-0.39, 0.29) is 23.6 Å². The van der Waals surface area contributed by atoms with Crippen LogP contribution in [0.15, 0.2) is 71.9 Å². The highest BCUT2D eigenvalue weighted by molar-refractivity contribution is 7.99. The second-order valence-electron chi connectivity index (χ2n) is 8.82. The van der Waals surface area contributed by atoms with E-state index in [0.29, 0.717) is 17.3 Å². The standard InChI is InChI=1S/C27H27N5O2S/c1-18-7-5-10-21(15-18)26(34)32-14-6-11-23(32)25-29-30-27(31(25)2)35-17-24(33)28-22-13-12-19-8-3-4-9-20(19)16-22/h3-5,7-10,12-13,15-16,23H,6,11,14,17H2,1-2H3,(H,28,33). The second kappa shape index (κ2) is 9.92. The lowest BCUT2D eigenvalue weighted by atomic mass is 10.1. The largest absolute Gasteiger partial charge is 0.328 e. The van der Waals surface area contributed by atoms with Crippen molar-refractivity contribution in [3.05, 3.63) is 83.7 Å². The summed E-state index contributed by atoms with van der Waals surface area (Å²) in [6.07, 6.45) is 1.77. The van der Waals surface area contributed by atoms with Crippen molar-refractivity contribution in [2.24, 2.45) is 7.05 Å². The van der Waals surface area contributed by atoms with Gasteiger partial charge in [-0.2, -0.15) is 0 Å². The summed E-state index contributed by atoms with van der Waals surface area (Å²) in [5, 5.41) is 14.6. The number of carbonyl (C=O) groups excluding carboxylic acids is 2. The number of nitrogens with zero attached hydrogens (tertiary/aromatic N) is 4. The average Bonchev–Trinajstić information content (AvgIpc) is 3.48. The van der Waals surface area contributed by atoms with E-state index < -0.39 is 0 Å². The predicted octanol–water partition coefficient (Wildman–Crippen LogP) is 4.98. The van der Waals surface area contributed by atoms with E-state index in [1.54, 1.807) is 0 Å². The highest BCUT2D eigenvalue weighted by atomic mass is 32.2. The van der Waals surface area contributed by atoms with Gasteiger partial charge in [0.05, 0.1) is 11.8 Å². The number of aromatic nitrogens is 3. The van der Waals surface area contributed by atoms with Crippen LogP contribution in [-0.4, -0.2) is 43.8 Å². The molecule has 5 rings (SSSR count). The molecule has 178 valence electrons. The van der Waals surface area contributed by atoms with Gasteiger partial charge in [-0.05, 0) is 54.8 Å². The Bertz CT molecular complexity index is 1400. The number of fused-ring (bicyclic) bond motifs is 1. The number of thioether (sulfide) groups is 1. The van der Waals surface area contributed by atoms with E-state index in [1.807, 2.05) is 90.2 Å². The van der Waals surface area contributed by atoms with E-state index in [4.69, 9.17) is 0 Å². The summed E-state index contributed by atoms with van der Waals surface area (Å²) in [5.74, 6) is 0.881. The number of hydrogen-bond acceptors (Lipinski definition) is 5. The molecule has 2 heterocycles. The highest BCUT2D eigenvalue weighted by Crippen LogP contribution is 2.33. The van der Waals surface area contributed by atoms with Crippen LogP contribution in [0.3, 0.4) is 0 Å². The molecule has 0 bridgehead atoms. The molecule has 3 aromatic carbocycles. The summed E-state index contributed by atoms with van der Waals surface area (Å²) in [6.45, 7) is 2.68. The minimum absolute atomic E-state index is 0.0168.